The summed E-state index contributed by atoms with van der Waals surface area (Å²) in [6.07, 6.45) is 0. The number of rotatable bonds is 2. The van der Waals surface area contributed by atoms with Crippen molar-refractivity contribution in [2.24, 2.45) is 0 Å². The number of hydrogen-bond acceptors (Lipinski definition) is 3. The molecule has 0 fully saturated rings. The van der Waals surface area contributed by atoms with Gasteiger partial charge in [-0.2, -0.15) is 0 Å². The summed E-state index contributed by atoms with van der Waals surface area (Å²) in [5, 5.41) is 15.7. The molecule has 0 saturated heterocycles. The van der Waals surface area contributed by atoms with E-state index < -0.39 is 0 Å². The molecule has 0 saturated carbocycles. The van der Waals surface area contributed by atoms with Crippen molar-refractivity contribution in [3.8, 4) is 0 Å². The smallest absolute Gasteiger partial charge is 0.221 e. The minimum Gasteiger partial charge on any atom is -0.421 e. The summed E-state index contributed by atoms with van der Waals surface area (Å²) in [5.74, 6) is -0.0175. The van der Waals surface area contributed by atoms with Crippen LogP contribution in [0.2, 0.25) is 0 Å². The Balaban J connectivity index is 2.08. The predicted molar refractivity (Wildman–Crippen MR) is 77.1 cm³/mol. The van der Waals surface area contributed by atoms with E-state index in [-0.39, 0.29) is 11.8 Å². The Morgan fingerprint density at radius 1 is 0.684 bits per heavy atom. The standard InChI is InChI=1S/C16H16N2O/c1-11-3-7-13(8-4-11)15(17)19-16(18)14-9-5-12(2)6-10-14/h3-10,17-18H,1-2H3. The van der Waals surface area contributed by atoms with Crippen molar-refractivity contribution < 1.29 is 4.74 Å². The fourth-order valence-corrected chi connectivity index (χ4v) is 1.63. The second-order valence-electron chi connectivity index (χ2n) is 4.49. The third kappa shape index (κ3) is 3.28. The van der Waals surface area contributed by atoms with Gasteiger partial charge in [0, 0.05) is 11.1 Å². The molecule has 0 radical (unpaired) electrons. The van der Waals surface area contributed by atoms with Crippen LogP contribution in [-0.4, -0.2) is 11.8 Å². The zero-order valence-electron chi connectivity index (χ0n) is 11.0. The molecule has 0 aromatic heterocycles. The largest absolute Gasteiger partial charge is 0.421 e. The Labute approximate surface area is 112 Å². The molecule has 0 aliphatic carbocycles. The third-order valence-electron chi connectivity index (χ3n) is 2.83. The first-order valence-electron chi connectivity index (χ1n) is 6.05. The maximum absolute atomic E-state index is 7.86. The minimum atomic E-state index is -0.00873. The van der Waals surface area contributed by atoms with Crippen LogP contribution in [0.4, 0.5) is 0 Å². The van der Waals surface area contributed by atoms with E-state index in [4.69, 9.17) is 15.6 Å². The molecule has 19 heavy (non-hydrogen) atoms. The van der Waals surface area contributed by atoms with Gasteiger partial charge < -0.3 is 4.74 Å². The molecule has 2 N–H and O–H groups in total. The van der Waals surface area contributed by atoms with E-state index in [1.165, 1.54) is 0 Å². The molecule has 0 bridgehead atoms. The number of benzene rings is 2. The molecule has 0 spiro atoms. The van der Waals surface area contributed by atoms with E-state index in [0.717, 1.165) is 11.1 Å². The topological polar surface area (TPSA) is 56.9 Å². The Kier molecular flexibility index (Phi) is 3.76. The number of ether oxygens (including phenoxy) is 1. The van der Waals surface area contributed by atoms with Gasteiger partial charge in [-0.25, -0.2) is 0 Å². The number of hydrogen-bond donors (Lipinski definition) is 2. The van der Waals surface area contributed by atoms with Gasteiger partial charge in [0.2, 0.25) is 11.8 Å². The average Bonchev–Trinajstić information content (AvgIpc) is 2.40. The molecule has 0 atom stereocenters. The van der Waals surface area contributed by atoms with Crippen LogP contribution in [0.15, 0.2) is 48.5 Å². The van der Waals surface area contributed by atoms with Crippen LogP contribution in [0.25, 0.3) is 0 Å². The van der Waals surface area contributed by atoms with E-state index in [1.807, 2.05) is 62.4 Å². The van der Waals surface area contributed by atoms with Gasteiger partial charge in [-0.3, -0.25) is 10.8 Å². The molecular formula is C16H16N2O. The summed E-state index contributed by atoms with van der Waals surface area (Å²) >= 11 is 0. The van der Waals surface area contributed by atoms with Gasteiger partial charge in [-0.1, -0.05) is 35.4 Å². The van der Waals surface area contributed by atoms with E-state index in [2.05, 4.69) is 0 Å². The molecular weight excluding hydrogens is 236 g/mol. The fraction of sp³-hybridized carbons (Fsp3) is 0.125. The van der Waals surface area contributed by atoms with Crippen molar-refractivity contribution in [3.63, 3.8) is 0 Å². The third-order valence-corrected chi connectivity index (χ3v) is 2.83. The lowest BCUT2D eigenvalue weighted by Gasteiger charge is -2.08. The lowest BCUT2D eigenvalue weighted by atomic mass is 10.1. The van der Waals surface area contributed by atoms with Crippen LogP contribution in [0.3, 0.4) is 0 Å². The Morgan fingerprint density at radius 2 is 1.00 bits per heavy atom. The number of nitrogens with one attached hydrogen (secondary N) is 2. The molecule has 2 aromatic carbocycles. The van der Waals surface area contributed by atoms with Crippen LogP contribution >= 0.6 is 0 Å². The van der Waals surface area contributed by atoms with Gasteiger partial charge in [0.1, 0.15) is 0 Å². The second kappa shape index (κ2) is 5.48. The van der Waals surface area contributed by atoms with E-state index in [0.29, 0.717) is 11.1 Å². The van der Waals surface area contributed by atoms with Crippen LogP contribution < -0.4 is 0 Å². The SMILES string of the molecule is Cc1ccc(C(=N)OC(=N)c2ccc(C)cc2)cc1. The van der Waals surface area contributed by atoms with Crippen LogP contribution in [0, 0.1) is 24.7 Å². The van der Waals surface area contributed by atoms with Crippen molar-refractivity contribution in [1.29, 1.82) is 10.8 Å². The van der Waals surface area contributed by atoms with Crippen molar-refractivity contribution in [3.05, 3.63) is 70.8 Å². The molecule has 2 rings (SSSR count). The fourth-order valence-electron chi connectivity index (χ4n) is 1.63. The van der Waals surface area contributed by atoms with Crippen LogP contribution in [-0.2, 0) is 4.74 Å². The van der Waals surface area contributed by atoms with Gasteiger partial charge in [0.25, 0.3) is 0 Å². The zero-order valence-corrected chi connectivity index (χ0v) is 11.0. The van der Waals surface area contributed by atoms with Crippen molar-refractivity contribution in [2.75, 3.05) is 0 Å². The maximum atomic E-state index is 7.86. The summed E-state index contributed by atoms with van der Waals surface area (Å²) in [6.45, 7) is 3.98. The first-order chi connectivity index (χ1) is 9.06. The van der Waals surface area contributed by atoms with Crippen molar-refractivity contribution in [2.45, 2.75) is 13.8 Å². The highest BCUT2D eigenvalue weighted by molar-refractivity contribution is 6.04. The van der Waals surface area contributed by atoms with Gasteiger partial charge in [0.15, 0.2) is 0 Å². The van der Waals surface area contributed by atoms with Crippen molar-refractivity contribution in [1.82, 2.24) is 0 Å². The highest BCUT2D eigenvalue weighted by Gasteiger charge is 2.08. The zero-order chi connectivity index (χ0) is 13.8. The van der Waals surface area contributed by atoms with E-state index in [1.54, 1.807) is 0 Å². The summed E-state index contributed by atoms with van der Waals surface area (Å²) in [5.41, 5.74) is 3.60. The van der Waals surface area contributed by atoms with Crippen LogP contribution in [0.1, 0.15) is 22.3 Å². The first kappa shape index (κ1) is 13.0. The molecule has 0 heterocycles. The second-order valence-corrected chi connectivity index (χ2v) is 4.49. The number of aryl methyl sites for hydroxylation is 2. The Hall–Kier alpha value is -2.42. The molecule has 0 unspecified atom stereocenters. The summed E-state index contributed by atoms with van der Waals surface area (Å²) in [7, 11) is 0. The first-order valence-corrected chi connectivity index (χ1v) is 6.05. The summed E-state index contributed by atoms with van der Waals surface area (Å²) in [4.78, 5) is 0. The summed E-state index contributed by atoms with van der Waals surface area (Å²) in [6, 6.07) is 15.0. The van der Waals surface area contributed by atoms with Gasteiger partial charge >= 0.3 is 0 Å². The highest BCUT2D eigenvalue weighted by atomic mass is 16.5. The molecule has 0 aliphatic heterocycles. The molecule has 96 valence electrons. The quantitative estimate of drug-likeness (QED) is 0.621. The normalized spacial score (nSPS) is 10.0. The lowest BCUT2D eigenvalue weighted by molar-refractivity contribution is 0.538. The van der Waals surface area contributed by atoms with Gasteiger partial charge in [-0.15, -0.1) is 0 Å². The van der Waals surface area contributed by atoms with Crippen LogP contribution in [0.5, 0.6) is 0 Å². The predicted octanol–water partition coefficient (Wildman–Crippen LogP) is 3.67. The maximum Gasteiger partial charge on any atom is 0.221 e. The average molecular weight is 252 g/mol. The van der Waals surface area contributed by atoms with Gasteiger partial charge in [-0.05, 0) is 38.1 Å². The Bertz CT molecular complexity index is 542. The van der Waals surface area contributed by atoms with E-state index in [9.17, 15) is 0 Å². The molecule has 3 heteroatoms. The monoisotopic (exact) mass is 252 g/mol. The molecule has 0 amide bonds. The van der Waals surface area contributed by atoms with Gasteiger partial charge in [0.05, 0.1) is 0 Å². The van der Waals surface area contributed by atoms with E-state index >= 15 is 0 Å². The Morgan fingerprint density at radius 3 is 1.32 bits per heavy atom. The molecule has 2 aromatic rings. The van der Waals surface area contributed by atoms with Crippen molar-refractivity contribution >= 4 is 11.8 Å². The minimum absolute atomic E-state index is 0.00873. The lowest BCUT2D eigenvalue weighted by Crippen LogP contribution is -2.12. The molecule has 3 nitrogen and oxygen atoms in total. The highest BCUT2D eigenvalue weighted by Crippen LogP contribution is 2.09. The molecule has 0 aliphatic rings. The summed E-state index contributed by atoms with van der Waals surface area (Å²) < 4.78 is 5.27.